The summed E-state index contributed by atoms with van der Waals surface area (Å²) in [5.74, 6) is -3.88. The first-order valence-electron chi connectivity index (χ1n) is 8.90. The van der Waals surface area contributed by atoms with Crippen LogP contribution in [0, 0.1) is 25.6 Å². The molecule has 0 saturated carbocycles. The van der Waals surface area contributed by atoms with Gasteiger partial charge in [0.2, 0.25) is 10.9 Å². The van der Waals surface area contributed by atoms with Crippen molar-refractivity contribution in [1.29, 1.82) is 0 Å². The molecule has 4 rings (SSSR count). The van der Waals surface area contributed by atoms with Gasteiger partial charge in [-0.3, -0.25) is 19.3 Å². The van der Waals surface area contributed by atoms with E-state index in [9.17, 15) is 18.8 Å². The Labute approximate surface area is 170 Å². The Hall–Kier alpha value is -3.26. The summed E-state index contributed by atoms with van der Waals surface area (Å²) in [6.07, 6.45) is 0. The summed E-state index contributed by atoms with van der Waals surface area (Å²) in [4.78, 5) is 40.2. The number of anilines is 1. The van der Waals surface area contributed by atoms with Gasteiger partial charge in [0.05, 0.1) is 6.04 Å². The fraction of sp³-hybridized carbons (Fsp3) is 0.190. The Balaban J connectivity index is 1.84. The monoisotopic (exact) mass is 409 g/mol. The third-order valence-corrected chi connectivity index (χ3v) is 5.70. The third kappa shape index (κ3) is 3.36. The highest BCUT2D eigenvalue weighted by atomic mass is 32.1. The summed E-state index contributed by atoms with van der Waals surface area (Å²) in [7, 11) is 0. The molecule has 1 fully saturated rings. The highest BCUT2D eigenvalue weighted by Gasteiger charge is 2.53. The fourth-order valence-corrected chi connectivity index (χ4v) is 4.14. The van der Waals surface area contributed by atoms with Gasteiger partial charge in [0, 0.05) is 5.56 Å². The number of nitrogens with zero attached hydrogens (tertiary/aromatic N) is 3. The van der Waals surface area contributed by atoms with Crippen LogP contribution in [-0.4, -0.2) is 27.7 Å². The third-order valence-electron chi connectivity index (χ3n) is 4.86. The van der Waals surface area contributed by atoms with E-state index in [4.69, 9.17) is 0 Å². The van der Waals surface area contributed by atoms with E-state index < -0.39 is 35.3 Å². The number of hydrogen-bond donors (Lipinski definition) is 0. The number of aromatic nitrogens is 2. The molecule has 2 heterocycles. The molecule has 0 bridgehead atoms. The van der Waals surface area contributed by atoms with E-state index in [2.05, 4.69) is 10.2 Å². The molecule has 2 aromatic carbocycles. The van der Waals surface area contributed by atoms with Gasteiger partial charge >= 0.3 is 0 Å². The molecule has 1 aromatic heterocycles. The van der Waals surface area contributed by atoms with E-state index in [1.165, 1.54) is 28.4 Å². The standard InChI is InChI=1S/C21H16FN3O3S/c1-11-3-5-13(6-4-11)17-16(18(26)14-7-9-15(22)10-8-14)19(27)20(28)25(17)21-24-23-12(2)29-21/h3-10,16-17H,1-2H3. The summed E-state index contributed by atoms with van der Waals surface area (Å²) in [6.45, 7) is 3.66. The van der Waals surface area contributed by atoms with Crippen LogP contribution in [0.15, 0.2) is 48.5 Å². The van der Waals surface area contributed by atoms with Crippen molar-refractivity contribution in [3.8, 4) is 0 Å². The van der Waals surface area contributed by atoms with Crippen molar-refractivity contribution in [1.82, 2.24) is 10.2 Å². The van der Waals surface area contributed by atoms with E-state index in [1.807, 2.05) is 19.1 Å². The average Bonchev–Trinajstić information content (AvgIpc) is 3.24. The molecular formula is C21H16FN3O3S. The zero-order valence-corrected chi connectivity index (χ0v) is 16.4. The van der Waals surface area contributed by atoms with Crippen molar-refractivity contribution in [2.75, 3.05) is 4.90 Å². The van der Waals surface area contributed by atoms with Gasteiger partial charge in [-0.1, -0.05) is 41.2 Å². The molecule has 146 valence electrons. The van der Waals surface area contributed by atoms with Gasteiger partial charge in [0.25, 0.3) is 5.91 Å². The Kier molecular flexibility index (Phi) is 4.79. The predicted octanol–water partition coefficient (Wildman–Crippen LogP) is 3.45. The van der Waals surface area contributed by atoms with Crippen LogP contribution < -0.4 is 4.90 Å². The molecule has 0 spiro atoms. The van der Waals surface area contributed by atoms with E-state index in [0.29, 0.717) is 10.6 Å². The van der Waals surface area contributed by atoms with Gasteiger partial charge < -0.3 is 0 Å². The van der Waals surface area contributed by atoms with Gasteiger partial charge in [-0.2, -0.15) is 0 Å². The fourth-order valence-electron chi connectivity index (χ4n) is 3.42. The molecule has 1 saturated heterocycles. The van der Waals surface area contributed by atoms with Crippen molar-refractivity contribution in [2.45, 2.75) is 19.9 Å². The van der Waals surface area contributed by atoms with Gasteiger partial charge in [-0.05, 0) is 43.7 Å². The quantitative estimate of drug-likeness (QED) is 0.375. The number of hydrogen-bond acceptors (Lipinski definition) is 6. The maximum atomic E-state index is 13.3. The summed E-state index contributed by atoms with van der Waals surface area (Å²) < 4.78 is 13.3. The first kappa shape index (κ1) is 19.1. The number of benzene rings is 2. The number of aryl methyl sites for hydroxylation is 2. The minimum Gasteiger partial charge on any atom is -0.293 e. The largest absolute Gasteiger partial charge is 0.297 e. The summed E-state index contributed by atoms with van der Waals surface area (Å²) in [5, 5.41) is 8.85. The lowest BCUT2D eigenvalue weighted by Crippen LogP contribution is -2.30. The van der Waals surface area contributed by atoms with Crippen LogP contribution >= 0.6 is 11.3 Å². The first-order valence-corrected chi connectivity index (χ1v) is 9.72. The van der Waals surface area contributed by atoms with Crippen molar-refractivity contribution in [3.63, 3.8) is 0 Å². The van der Waals surface area contributed by atoms with E-state index in [-0.39, 0.29) is 10.7 Å². The summed E-state index contributed by atoms with van der Waals surface area (Å²) in [5.41, 5.74) is 1.82. The van der Waals surface area contributed by atoms with Crippen LogP contribution in [0.2, 0.25) is 0 Å². The topological polar surface area (TPSA) is 80.2 Å². The molecule has 2 unspecified atom stereocenters. The molecule has 1 amide bonds. The predicted molar refractivity (Wildman–Crippen MR) is 105 cm³/mol. The van der Waals surface area contributed by atoms with E-state index >= 15 is 0 Å². The van der Waals surface area contributed by atoms with E-state index in [1.54, 1.807) is 19.1 Å². The smallest absolute Gasteiger partial charge is 0.293 e. The average molecular weight is 409 g/mol. The van der Waals surface area contributed by atoms with E-state index in [0.717, 1.165) is 17.7 Å². The first-order chi connectivity index (χ1) is 13.9. The maximum Gasteiger partial charge on any atom is 0.297 e. The van der Waals surface area contributed by atoms with Crippen LogP contribution in [0.5, 0.6) is 0 Å². The normalized spacial score (nSPS) is 19.1. The highest BCUT2D eigenvalue weighted by molar-refractivity contribution is 7.15. The van der Waals surface area contributed by atoms with Crippen LogP contribution in [0.1, 0.15) is 32.5 Å². The zero-order valence-electron chi connectivity index (χ0n) is 15.6. The molecule has 1 aliphatic rings. The molecule has 8 heteroatoms. The second kappa shape index (κ2) is 7.29. The molecule has 2 atom stereocenters. The second-order valence-electron chi connectivity index (χ2n) is 6.85. The Morgan fingerprint density at radius 1 is 1.00 bits per heavy atom. The number of carbonyl (C=O) groups excluding carboxylic acids is 3. The van der Waals surface area contributed by atoms with Gasteiger partial charge in [0.1, 0.15) is 16.7 Å². The lowest BCUT2D eigenvalue weighted by molar-refractivity contribution is -0.135. The number of ketones is 2. The summed E-state index contributed by atoms with van der Waals surface area (Å²) >= 11 is 1.17. The van der Waals surface area contributed by atoms with Crippen LogP contribution in [0.3, 0.4) is 0 Å². The van der Waals surface area contributed by atoms with Crippen LogP contribution in [0.25, 0.3) is 0 Å². The van der Waals surface area contributed by atoms with Crippen molar-refractivity contribution in [2.24, 2.45) is 5.92 Å². The molecular weight excluding hydrogens is 393 g/mol. The number of Topliss-reactive ketones (excluding diaryl/α,β-unsaturated/α-hetero) is 2. The highest BCUT2D eigenvalue weighted by Crippen LogP contribution is 2.42. The summed E-state index contributed by atoms with van der Waals surface area (Å²) in [6, 6.07) is 11.4. The lowest BCUT2D eigenvalue weighted by atomic mass is 9.86. The van der Waals surface area contributed by atoms with Crippen molar-refractivity contribution < 1.29 is 18.8 Å². The molecule has 0 aliphatic carbocycles. The second-order valence-corrected chi connectivity index (χ2v) is 8.01. The van der Waals surface area contributed by atoms with Gasteiger partial charge in [-0.15, -0.1) is 10.2 Å². The van der Waals surface area contributed by atoms with Crippen LogP contribution in [-0.2, 0) is 9.59 Å². The lowest BCUT2D eigenvalue weighted by Gasteiger charge is -2.25. The van der Waals surface area contributed by atoms with Crippen molar-refractivity contribution in [3.05, 3.63) is 76.0 Å². The number of carbonyl (C=O) groups is 3. The Morgan fingerprint density at radius 2 is 1.66 bits per heavy atom. The molecule has 0 N–H and O–H groups in total. The molecule has 6 nitrogen and oxygen atoms in total. The minimum absolute atomic E-state index is 0.171. The Bertz CT molecular complexity index is 1110. The molecule has 0 radical (unpaired) electrons. The SMILES string of the molecule is Cc1ccc(C2C(C(=O)c3ccc(F)cc3)C(=O)C(=O)N2c2nnc(C)s2)cc1. The number of halogens is 1. The Morgan fingerprint density at radius 3 is 2.24 bits per heavy atom. The molecule has 1 aliphatic heterocycles. The maximum absolute atomic E-state index is 13.3. The van der Waals surface area contributed by atoms with Gasteiger partial charge in [-0.25, -0.2) is 4.39 Å². The number of amides is 1. The number of rotatable bonds is 4. The molecule has 29 heavy (non-hydrogen) atoms. The van der Waals surface area contributed by atoms with Crippen LogP contribution in [0.4, 0.5) is 9.52 Å². The minimum atomic E-state index is -1.25. The zero-order chi connectivity index (χ0) is 20.7. The molecule has 3 aromatic rings. The van der Waals surface area contributed by atoms with Crippen molar-refractivity contribution >= 4 is 33.9 Å². The van der Waals surface area contributed by atoms with Gasteiger partial charge in [0.15, 0.2) is 5.78 Å².